The quantitative estimate of drug-likeness (QED) is 0.386. The molecule has 2 aliphatic carbocycles. The van der Waals surface area contributed by atoms with E-state index < -0.39 is 5.91 Å². The van der Waals surface area contributed by atoms with Crippen molar-refractivity contribution in [3.63, 3.8) is 0 Å². The minimum absolute atomic E-state index is 0.0194. The molecule has 2 heterocycles. The zero-order chi connectivity index (χ0) is 21.4. The van der Waals surface area contributed by atoms with Gasteiger partial charge in [-0.3, -0.25) is 9.59 Å². The number of benzene rings is 2. The topological polar surface area (TPSA) is 108 Å². The molecule has 0 bridgehead atoms. The van der Waals surface area contributed by atoms with Gasteiger partial charge in [0.2, 0.25) is 12.7 Å². The fourth-order valence-corrected chi connectivity index (χ4v) is 4.45. The number of aromatic nitrogens is 2. The van der Waals surface area contributed by atoms with Crippen molar-refractivity contribution in [2.45, 2.75) is 17.0 Å². The molecule has 0 atom stereocenters. The summed E-state index contributed by atoms with van der Waals surface area (Å²) in [7, 11) is 1.70. The summed E-state index contributed by atoms with van der Waals surface area (Å²) in [6.45, 7) is 1.55. The first kappa shape index (κ1) is 20.5. The highest BCUT2D eigenvalue weighted by Crippen LogP contribution is 2.41. The van der Waals surface area contributed by atoms with E-state index >= 15 is 0 Å². The molecule has 154 valence electrons. The van der Waals surface area contributed by atoms with E-state index in [9.17, 15) is 9.59 Å². The van der Waals surface area contributed by atoms with Gasteiger partial charge in [-0.25, -0.2) is 4.98 Å². The van der Waals surface area contributed by atoms with Gasteiger partial charge in [0.15, 0.2) is 22.3 Å². The van der Waals surface area contributed by atoms with Crippen LogP contribution in [0.5, 0.6) is 11.5 Å². The molecule has 2 aromatic rings. The van der Waals surface area contributed by atoms with Crippen molar-refractivity contribution in [1.29, 1.82) is 0 Å². The van der Waals surface area contributed by atoms with Crippen LogP contribution < -0.4 is 20.5 Å². The number of nitrogens with two attached hydrogens (primary N) is 1. The summed E-state index contributed by atoms with van der Waals surface area (Å²) in [6, 6.07) is 12.2. The third kappa shape index (κ3) is 4.24. The third-order valence-corrected chi connectivity index (χ3v) is 6.69. The van der Waals surface area contributed by atoms with Crippen molar-refractivity contribution in [2.75, 3.05) is 12.1 Å². The van der Waals surface area contributed by atoms with Crippen LogP contribution in [0, 0.1) is 3.57 Å². The number of ether oxygens (including phenoxy) is 2. The Hall–Kier alpha value is -2.73. The molecule has 0 saturated heterocycles. The first-order valence-electron chi connectivity index (χ1n) is 8.85. The fourth-order valence-electron chi connectivity index (χ4n) is 2.80. The molecule has 0 radical (unpaired) electrons. The normalized spacial score (nSPS) is 12.1. The molecular formula is C20H17IN4O4S. The van der Waals surface area contributed by atoms with Gasteiger partial charge in [0, 0.05) is 22.4 Å². The highest BCUT2D eigenvalue weighted by atomic mass is 127. The summed E-state index contributed by atoms with van der Waals surface area (Å²) in [5, 5.41) is 3.10. The largest absolute Gasteiger partial charge is 0.454 e. The molecule has 8 nitrogen and oxygen atoms in total. The Kier molecular flexibility index (Phi) is 5.60. The van der Waals surface area contributed by atoms with Gasteiger partial charge in [-0.05, 0) is 51.9 Å². The number of carbonyl (C=O) groups is 2. The monoisotopic (exact) mass is 536 g/mol. The Morgan fingerprint density at radius 1 is 1.20 bits per heavy atom. The first-order chi connectivity index (χ1) is 14.3. The lowest BCUT2D eigenvalue weighted by atomic mass is 10.3. The number of rotatable bonds is 4. The number of primary amides is 1. The molecule has 0 unspecified atom stereocenters. The minimum atomic E-state index is -0.707. The predicted molar refractivity (Wildman–Crippen MR) is 121 cm³/mol. The number of anilines is 1. The number of imidazole rings is 1. The molecule has 3 N–H and O–H groups in total. The van der Waals surface area contributed by atoms with Crippen molar-refractivity contribution < 1.29 is 19.1 Å². The van der Waals surface area contributed by atoms with Crippen LogP contribution in [0.2, 0.25) is 0 Å². The second-order valence-corrected chi connectivity index (χ2v) is 8.69. The van der Waals surface area contributed by atoms with E-state index in [0.29, 0.717) is 16.7 Å². The van der Waals surface area contributed by atoms with Gasteiger partial charge in [0.05, 0.1) is 0 Å². The molecule has 1 aromatic heterocycles. The van der Waals surface area contributed by atoms with Gasteiger partial charge in [0.1, 0.15) is 5.82 Å². The molecule has 0 saturated carbocycles. The second kappa shape index (κ2) is 8.19. The second-order valence-electron chi connectivity index (χ2n) is 6.51. The Bertz CT molecular complexity index is 1160. The van der Waals surface area contributed by atoms with Gasteiger partial charge >= 0.3 is 0 Å². The average Bonchev–Trinajstić information content (AvgIpc) is 3.01. The lowest BCUT2D eigenvalue weighted by molar-refractivity contribution is -0.114. The van der Waals surface area contributed by atoms with Gasteiger partial charge in [0.25, 0.3) is 5.91 Å². The van der Waals surface area contributed by atoms with E-state index in [4.69, 9.17) is 15.2 Å². The van der Waals surface area contributed by atoms with Crippen LogP contribution in [-0.4, -0.2) is 28.2 Å². The molecule has 0 fully saturated rings. The molecule has 1 aliphatic heterocycles. The summed E-state index contributed by atoms with van der Waals surface area (Å²) in [5.41, 5.74) is 8.23. The summed E-state index contributed by atoms with van der Waals surface area (Å²) in [5.74, 6) is 0.606. The smallest absolute Gasteiger partial charge is 0.271 e. The van der Waals surface area contributed by atoms with E-state index in [-0.39, 0.29) is 24.2 Å². The van der Waals surface area contributed by atoms with Gasteiger partial charge < -0.3 is 25.1 Å². The maximum absolute atomic E-state index is 11.6. The number of carbonyl (C=O) groups excluding carboxylic acids is 2. The van der Waals surface area contributed by atoms with Crippen LogP contribution in [0.3, 0.4) is 0 Å². The number of hydrogen-bond acceptors (Lipinski definition) is 6. The molecule has 3 aliphatic rings. The van der Waals surface area contributed by atoms with Crippen molar-refractivity contribution in [1.82, 2.24) is 9.55 Å². The SMILES string of the molecule is CC(=O)Nc1c(C(N)=O)nc(Sc2cc3c(cc2I)OCO3)n1C.c1cc2cc-2c1. The minimum Gasteiger partial charge on any atom is -0.454 e. The maximum atomic E-state index is 11.6. The number of fused-ring (bicyclic) bond motifs is 2. The van der Waals surface area contributed by atoms with Crippen LogP contribution in [0.15, 0.2) is 46.5 Å². The molecule has 10 heteroatoms. The Balaban J connectivity index is 0.000000305. The zero-order valence-electron chi connectivity index (χ0n) is 16.1. The van der Waals surface area contributed by atoms with Crippen LogP contribution >= 0.6 is 34.4 Å². The van der Waals surface area contributed by atoms with E-state index in [1.54, 1.807) is 11.6 Å². The van der Waals surface area contributed by atoms with Gasteiger partial charge in [-0.1, -0.05) is 30.0 Å². The molecule has 0 spiro atoms. The van der Waals surface area contributed by atoms with Crippen molar-refractivity contribution >= 4 is 52.0 Å². The molecule has 2 amide bonds. The summed E-state index contributed by atoms with van der Waals surface area (Å²) in [6.07, 6.45) is 0. The fraction of sp³-hybridized carbons (Fsp3) is 0.150. The predicted octanol–water partition coefficient (Wildman–Crippen LogP) is 3.63. The zero-order valence-corrected chi connectivity index (χ0v) is 19.0. The molecule has 5 rings (SSSR count). The maximum Gasteiger partial charge on any atom is 0.271 e. The third-order valence-electron chi connectivity index (χ3n) is 4.32. The van der Waals surface area contributed by atoms with E-state index in [0.717, 1.165) is 8.47 Å². The van der Waals surface area contributed by atoms with E-state index in [1.165, 1.54) is 29.8 Å². The molecular weight excluding hydrogens is 519 g/mol. The Labute approximate surface area is 190 Å². The Morgan fingerprint density at radius 3 is 2.40 bits per heavy atom. The van der Waals surface area contributed by atoms with Crippen molar-refractivity contribution in [3.05, 3.63) is 45.7 Å². The van der Waals surface area contributed by atoms with Gasteiger partial charge in [-0.2, -0.15) is 0 Å². The van der Waals surface area contributed by atoms with Crippen LogP contribution in [0.4, 0.5) is 5.82 Å². The highest BCUT2D eigenvalue weighted by Gasteiger charge is 2.22. The van der Waals surface area contributed by atoms with Crippen LogP contribution in [0.25, 0.3) is 11.1 Å². The summed E-state index contributed by atoms with van der Waals surface area (Å²) < 4.78 is 13.3. The average molecular weight is 536 g/mol. The van der Waals surface area contributed by atoms with Crippen LogP contribution in [-0.2, 0) is 11.8 Å². The van der Waals surface area contributed by atoms with Gasteiger partial charge in [-0.15, -0.1) is 0 Å². The number of halogens is 1. The highest BCUT2D eigenvalue weighted by molar-refractivity contribution is 14.1. The lowest BCUT2D eigenvalue weighted by Crippen LogP contribution is -2.17. The van der Waals surface area contributed by atoms with E-state index in [1.807, 2.05) is 12.1 Å². The number of nitrogens with zero attached hydrogens (tertiary/aromatic N) is 2. The van der Waals surface area contributed by atoms with Crippen molar-refractivity contribution in [3.8, 4) is 22.6 Å². The summed E-state index contributed by atoms with van der Waals surface area (Å²) in [4.78, 5) is 28.1. The number of amides is 2. The molecule has 1 aromatic carbocycles. The number of nitrogens with one attached hydrogen (secondary N) is 1. The first-order valence-corrected chi connectivity index (χ1v) is 10.7. The Morgan fingerprint density at radius 2 is 1.87 bits per heavy atom. The number of hydrogen-bond donors (Lipinski definition) is 2. The van der Waals surface area contributed by atoms with Crippen molar-refractivity contribution in [2.24, 2.45) is 12.8 Å². The lowest BCUT2D eigenvalue weighted by Gasteiger charge is -2.08. The molecule has 30 heavy (non-hydrogen) atoms. The van der Waals surface area contributed by atoms with Crippen LogP contribution in [0.1, 0.15) is 17.4 Å². The summed E-state index contributed by atoms with van der Waals surface area (Å²) >= 11 is 3.52. The van der Waals surface area contributed by atoms with E-state index in [2.05, 4.69) is 57.2 Å². The standard InChI is InChI=1S/C14H13IN4O4S.C6H4/c1-6(20)17-13-11(12(16)21)18-14(19(13)2)24-10-4-9-8(3-7(10)15)22-5-23-9;1-2-5-4-6(5)3-1/h3-4H,5H2,1-2H3,(H2,16,21)(H,17,20);1-4H.